The molecule has 2 bridgehead atoms. The minimum absolute atomic E-state index is 0.0941. The number of benzene rings is 8. The standard InChI is InChI=1S/C56H45N/c1-55(2)50-25-8-5-20-45(50)48-23-13-24-49(54(48)55)47-21-7-10-27-53(47)57(40-17-11-16-38(33-40)43-22-12-15-37-14-3-4-18-42(37)43)41-30-31-46-44-19-6-9-26-51(44)56(52(46)34-41)35-36-28-29-39(56)32-36/h3-27,30-31,33-34,36,39H,28-29,32,35H2,1-2H3. The summed E-state index contributed by atoms with van der Waals surface area (Å²) in [5.41, 5.74) is 20.1. The third-order valence-corrected chi connectivity index (χ3v) is 14.5. The molecule has 4 aliphatic rings. The molecule has 2 fully saturated rings. The van der Waals surface area contributed by atoms with E-state index >= 15 is 0 Å². The van der Waals surface area contributed by atoms with E-state index in [1.165, 1.54) is 109 Å². The SMILES string of the molecule is CC1(C)c2ccccc2-c2cccc(-c3ccccc3N(c3cccc(-c4cccc5ccccc45)c3)c3ccc4c(c3)C3(CC5CCC3C5)c3ccccc3-4)c21. The Labute approximate surface area is 336 Å². The maximum absolute atomic E-state index is 2.60. The van der Waals surface area contributed by atoms with Crippen molar-refractivity contribution < 1.29 is 0 Å². The van der Waals surface area contributed by atoms with Crippen molar-refractivity contribution in [1.29, 1.82) is 0 Å². The highest BCUT2D eigenvalue weighted by molar-refractivity contribution is 5.99. The second kappa shape index (κ2) is 12.2. The zero-order chi connectivity index (χ0) is 37.9. The predicted octanol–water partition coefficient (Wildman–Crippen LogP) is 15.0. The van der Waals surface area contributed by atoms with Crippen LogP contribution in [0.25, 0.3) is 55.3 Å². The van der Waals surface area contributed by atoms with Crippen LogP contribution in [0.4, 0.5) is 17.1 Å². The molecule has 3 unspecified atom stereocenters. The van der Waals surface area contributed by atoms with Gasteiger partial charge in [-0.1, -0.05) is 166 Å². The summed E-state index contributed by atoms with van der Waals surface area (Å²) in [5, 5.41) is 2.54. The first-order chi connectivity index (χ1) is 28.0. The number of rotatable bonds is 5. The van der Waals surface area contributed by atoms with E-state index in [0.717, 1.165) is 5.92 Å². The van der Waals surface area contributed by atoms with Crippen molar-refractivity contribution in [1.82, 2.24) is 0 Å². The summed E-state index contributed by atoms with van der Waals surface area (Å²) in [6.07, 6.45) is 5.34. The number of hydrogen-bond donors (Lipinski definition) is 0. The molecule has 8 aromatic carbocycles. The lowest BCUT2D eigenvalue weighted by molar-refractivity contribution is 0.327. The third kappa shape index (κ3) is 4.63. The highest BCUT2D eigenvalue weighted by atomic mass is 15.1. The molecule has 1 heteroatoms. The van der Waals surface area contributed by atoms with Crippen LogP contribution < -0.4 is 4.90 Å². The Morgan fingerprint density at radius 1 is 0.474 bits per heavy atom. The summed E-state index contributed by atoms with van der Waals surface area (Å²) in [6.45, 7) is 4.81. The van der Waals surface area contributed by atoms with Crippen LogP contribution in [0.15, 0.2) is 176 Å². The Balaban J connectivity index is 1.10. The molecule has 0 N–H and O–H groups in total. The first kappa shape index (κ1) is 33.0. The molecule has 1 nitrogen and oxygen atoms in total. The van der Waals surface area contributed by atoms with Crippen molar-refractivity contribution in [2.45, 2.75) is 50.4 Å². The van der Waals surface area contributed by atoms with Gasteiger partial charge in [0.2, 0.25) is 0 Å². The highest BCUT2D eigenvalue weighted by Crippen LogP contribution is 2.66. The summed E-state index contributed by atoms with van der Waals surface area (Å²) in [7, 11) is 0. The van der Waals surface area contributed by atoms with Crippen LogP contribution in [0, 0.1) is 11.8 Å². The number of fused-ring (bicyclic) bond motifs is 12. The second-order valence-corrected chi connectivity index (χ2v) is 17.7. The van der Waals surface area contributed by atoms with Gasteiger partial charge in [0, 0.05) is 27.8 Å². The second-order valence-electron chi connectivity index (χ2n) is 17.7. The summed E-state index contributed by atoms with van der Waals surface area (Å²) < 4.78 is 0. The van der Waals surface area contributed by atoms with Crippen LogP contribution in [-0.2, 0) is 10.8 Å². The van der Waals surface area contributed by atoms with Gasteiger partial charge in [-0.15, -0.1) is 0 Å². The van der Waals surface area contributed by atoms with Crippen molar-refractivity contribution in [3.8, 4) is 44.5 Å². The molecule has 12 rings (SSSR count). The lowest BCUT2D eigenvalue weighted by Gasteiger charge is -2.37. The smallest absolute Gasteiger partial charge is 0.0540 e. The van der Waals surface area contributed by atoms with Gasteiger partial charge in [-0.05, 0) is 133 Å². The van der Waals surface area contributed by atoms with Crippen molar-refractivity contribution in [2.24, 2.45) is 11.8 Å². The molecule has 0 amide bonds. The van der Waals surface area contributed by atoms with E-state index in [0.29, 0.717) is 5.92 Å². The Kier molecular flexibility index (Phi) is 7.04. The van der Waals surface area contributed by atoms with E-state index in [1.807, 2.05) is 0 Å². The van der Waals surface area contributed by atoms with Gasteiger partial charge in [-0.2, -0.15) is 0 Å². The van der Waals surface area contributed by atoms with Gasteiger partial charge in [0.25, 0.3) is 0 Å². The summed E-state index contributed by atoms with van der Waals surface area (Å²) in [5.74, 6) is 1.52. The molecule has 57 heavy (non-hydrogen) atoms. The zero-order valence-corrected chi connectivity index (χ0v) is 32.7. The fourth-order valence-corrected chi connectivity index (χ4v) is 12.2. The van der Waals surface area contributed by atoms with Crippen molar-refractivity contribution in [3.05, 3.63) is 198 Å². The monoisotopic (exact) mass is 731 g/mol. The maximum Gasteiger partial charge on any atom is 0.0540 e. The predicted molar refractivity (Wildman–Crippen MR) is 239 cm³/mol. The number of nitrogens with zero attached hydrogens (tertiary/aromatic N) is 1. The zero-order valence-electron chi connectivity index (χ0n) is 32.7. The number of anilines is 3. The fraction of sp³-hybridized carbons (Fsp3) is 0.179. The van der Waals surface area contributed by atoms with Crippen LogP contribution >= 0.6 is 0 Å². The summed E-state index contributed by atoms with van der Waals surface area (Å²) >= 11 is 0. The van der Waals surface area contributed by atoms with Crippen molar-refractivity contribution >= 4 is 27.8 Å². The van der Waals surface area contributed by atoms with Gasteiger partial charge in [-0.25, -0.2) is 0 Å². The number of hydrogen-bond acceptors (Lipinski definition) is 1. The van der Waals surface area contributed by atoms with Gasteiger partial charge >= 0.3 is 0 Å². The van der Waals surface area contributed by atoms with Crippen LogP contribution in [0.1, 0.15) is 61.8 Å². The molecule has 0 heterocycles. The number of para-hydroxylation sites is 1. The maximum atomic E-state index is 2.60. The molecular formula is C56H45N. The molecule has 0 saturated heterocycles. The minimum Gasteiger partial charge on any atom is -0.310 e. The first-order valence-electron chi connectivity index (χ1n) is 21.0. The van der Waals surface area contributed by atoms with Crippen LogP contribution in [-0.4, -0.2) is 0 Å². The molecule has 0 aromatic heterocycles. The average molecular weight is 732 g/mol. The van der Waals surface area contributed by atoms with Gasteiger partial charge in [0.15, 0.2) is 0 Å². The van der Waals surface area contributed by atoms with Crippen molar-refractivity contribution in [2.75, 3.05) is 4.90 Å². The highest BCUT2D eigenvalue weighted by Gasteiger charge is 2.56. The van der Waals surface area contributed by atoms with E-state index in [4.69, 9.17) is 0 Å². The van der Waals surface area contributed by atoms with Gasteiger partial charge in [0.05, 0.1) is 5.69 Å². The molecule has 4 aliphatic carbocycles. The molecule has 0 aliphatic heterocycles. The van der Waals surface area contributed by atoms with E-state index in [2.05, 4.69) is 195 Å². The molecule has 8 aromatic rings. The molecule has 1 spiro atoms. The van der Waals surface area contributed by atoms with Crippen LogP contribution in [0.2, 0.25) is 0 Å². The topological polar surface area (TPSA) is 3.24 Å². The Bertz CT molecular complexity index is 2920. The lowest BCUT2D eigenvalue weighted by Crippen LogP contribution is -2.32. The third-order valence-electron chi connectivity index (χ3n) is 14.5. The lowest BCUT2D eigenvalue weighted by atomic mass is 9.67. The Hall–Kier alpha value is -6.18. The van der Waals surface area contributed by atoms with Gasteiger partial charge in [-0.3, -0.25) is 0 Å². The molecule has 274 valence electrons. The van der Waals surface area contributed by atoms with Gasteiger partial charge < -0.3 is 4.90 Å². The van der Waals surface area contributed by atoms with E-state index in [9.17, 15) is 0 Å². The fourth-order valence-electron chi connectivity index (χ4n) is 12.2. The first-order valence-corrected chi connectivity index (χ1v) is 21.0. The van der Waals surface area contributed by atoms with Crippen molar-refractivity contribution in [3.63, 3.8) is 0 Å². The Morgan fingerprint density at radius 2 is 1.09 bits per heavy atom. The average Bonchev–Trinajstić information content (AvgIpc) is 4.01. The Morgan fingerprint density at radius 3 is 1.91 bits per heavy atom. The van der Waals surface area contributed by atoms with Crippen LogP contribution in [0.3, 0.4) is 0 Å². The molecule has 3 atom stereocenters. The quantitative estimate of drug-likeness (QED) is 0.170. The summed E-state index contributed by atoms with van der Waals surface area (Å²) in [6, 6.07) is 66.6. The molecule has 0 radical (unpaired) electrons. The van der Waals surface area contributed by atoms with Gasteiger partial charge in [0.1, 0.15) is 0 Å². The van der Waals surface area contributed by atoms with E-state index in [-0.39, 0.29) is 10.8 Å². The molecule has 2 saturated carbocycles. The van der Waals surface area contributed by atoms with Crippen LogP contribution in [0.5, 0.6) is 0 Å². The normalized spacial score (nSPS) is 20.4. The van der Waals surface area contributed by atoms with E-state index < -0.39 is 0 Å². The molecular weight excluding hydrogens is 687 g/mol. The minimum atomic E-state index is -0.137. The van der Waals surface area contributed by atoms with E-state index in [1.54, 1.807) is 11.1 Å². The largest absolute Gasteiger partial charge is 0.310 e. The summed E-state index contributed by atoms with van der Waals surface area (Å²) in [4.78, 5) is 2.57.